The molecule has 1 aromatic heterocycles. The summed E-state index contributed by atoms with van der Waals surface area (Å²) >= 11 is 0. The van der Waals surface area contributed by atoms with E-state index in [1.165, 1.54) is 11.1 Å². The van der Waals surface area contributed by atoms with E-state index in [2.05, 4.69) is 61.3 Å². The van der Waals surface area contributed by atoms with Gasteiger partial charge < -0.3 is 4.74 Å². The van der Waals surface area contributed by atoms with Crippen molar-refractivity contribution >= 4 is 0 Å². The lowest BCUT2D eigenvalue weighted by molar-refractivity contribution is 0.329. The summed E-state index contributed by atoms with van der Waals surface area (Å²) in [5.41, 5.74) is 3.69. The van der Waals surface area contributed by atoms with Crippen molar-refractivity contribution in [1.29, 1.82) is 0 Å². The summed E-state index contributed by atoms with van der Waals surface area (Å²) in [5, 5.41) is 10.8. The lowest BCUT2D eigenvalue weighted by atomic mass is 9.82. The molecule has 0 saturated carbocycles. The fourth-order valence-electron chi connectivity index (χ4n) is 2.74. The van der Waals surface area contributed by atoms with E-state index < -0.39 is 0 Å². The first-order valence-electron chi connectivity index (χ1n) is 8.07. The predicted molar refractivity (Wildman–Crippen MR) is 89.4 cm³/mol. The van der Waals surface area contributed by atoms with Crippen molar-refractivity contribution in [1.82, 2.24) is 15.4 Å². The summed E-state index contributed by atoms with van der Waals surface area (Å²) in [7, 11) is 0. The van der Waals surface area contributed by atoms with E-state index in [-0.39, 0.29) is 5.41 Å². The molecule has 0 saturated heterocycles. The van der Waals surface area contributed by atoms with Crippen LogP contribution in [0.1, 0.15) is 63.8 Å². The molecular formula is C18H27N3O. The molecule has 0 aliphatic carbocycles. The fraction of sp³-hybridized carbons (Fsp3) is 0.556. The molecule has 1 aromatic carbocycles. The number of benzene rings is 1. The highest BCUT2D eigenvalue weighted by Crippen LogP contribution is 2.35. The monoisotopic (exact) mass is 301 g/mol. The molecule has 4 heteroatoms. The Labute approximate surface area is 133 Å². The standard InChI is InChI=1S/C18H27N3O/c1-6-13(10-15-12-19-21-20-15)14-8-9-17(22-7-2)16(11-14)18(3,4)5/h8-9,11-13H,6-7,10H2,1-5H3,(H,19,20,21). The van der Waals surface area contributed by atoms with Gasteiger partial charge in [0.2, 0.25) is 0 Å². The third-order valence-electron chi connectivity index (χ3n) is 4.00. The first-order chi connectivity index (χ1) is 10.5. The molecule has 1 N–H and O–H groups in total. The van der Waals surface area contributed by atoms with Gasteiger partial charge in [0, 0.05) is 0 Å². The largest absolute Gasteiger partial charge is 0.494 e. The lowest BCUT2D eigenvalue weighted by Crippen LogP contribution is -2.15. The second-order valence-corrected chi connectivity index (χ2v) is 6.71. The van der Waals surface area contributed by atoms with E-state index in [0.717, 1.165) is 24.3 Å². The molecule has 22 heavy (non-hydrogen) atoms. The number of aromatic nitrogens is 3. The van der Waals surface area contributed by atoms with Crippen molar-refractivity contribution in [2.24, 2.45) is 0 Å². The lowest BCUT2D eigenvalue weighted by Gasteiger charge is -2.25. The fourth-order valence-corrected chi connectivity index (χ4v) is 2.74. The van der Waals surface area contributed by atoms with Gasteiger partial charge in [0.15, 0.2) is 0 Å². The van der Waals surface area contributed by atoms with Gasteiger partial charge in [-0.25, -0.2) is 0 Å². The maximum atomic E-state index is 5.81. The van der Waals surface area contributed by atoms with Crippen LogP contribution in [0.3, 0.4) is 0 Å². The highest BCUT2D eigenvalue weighted by atomic mass is 16.5. The number of nitrogens with zero attached hydrogens (tertiary/aromatic N) is 2. The zero-order valence-electron chi connectivity index (χ0n) is 14.3. The second kappa shape index (κ2) is 6.95. The van der Waals surface area contributed by atoms with E-state index in [0.29, 0.717) is 12.5 Å². The van der Waals surface area contributed by atoms with Crippen LogP contribution in [0.5, 0.6) is 5.75 Å². The van der Waals surface area contributed by atoms with Crippen molar-refractivity contribution in [3.63, 3.8) is 0 Å². The van der Waals surface area contributed by atoms with E-state index in [1.807, 2.05) is 13.1 Å². The number of aromatic amines is 1. The van der Waals surface area contributed by atoms with Gasteiger partial charge in [0.1, 0.15) is 5.75 Å². The molecule has 0 spiro atoms. The summed E-state index contributed by atoms with van der Waals surface area (Å²) in [5.74, 6) is 1.44. The smallest absolute Gasteiger partial charge is 0.123 e. The van der Waals surface area contributed by atoms with Gasteiger partial charge in [-0.2, -0.15) is 15.4 Å². The van der Waals surface area contributed by atoms with Crippen molar-refractivity contribution in [3.8, 4) is 5.75 Å². The van der Waals surface area contributed by atoms with E-state index in [1.54, 1.807) is 0 Å². The van der Waals surface area contributed by atoms with Crippen LogP contribution in [-0.4, -0.2) is 22.0 Å². The van der Waals surface area contributed by atoms with Crippen LogP contribution >= 0.6 is 0 Å². The normalized spacial score (nSPS) is 13.1. The molecule has 1 atom stereocenters. The molecule has 4 nitrogen and oxygen atoms in total. The Morgan fingerprint density at radius 3 is 2.55 bits per heavy atom. The van der Waals surface area contributed by atoms with Crippen LogP contribution in [0.2, 0.25) is 0 Å². The van der Waals surface area contributed by atoms with Crippen molar-refractivity contribution in [3.05, 3.63) is 41.2 Å². The average Bonchev–Trinajstić information content (AvgIpc) is 2.97. The Bertz CT molecular complexity index is 585. The van der Waals surface area contributed by atoms with Gasteiger partial charge in [-0.1, -0.05) is 39.8 Å². The molecule has 0 aliphatic heterocycles. The zero-order valence-corrected chi connectivity index (χ0v) is 14.3. The minimum absolute atomic E-state index is 0.0622. The van der Waals surface area contributed by atoms with Gasteiger partial charge in [-0.3, -0.25) is 0 Å². The van der Waals surface area contributed by atoms with E-state index >= 15 is 0 Å². The Hall–Kier alpha value is -1.84. The molecule has 120 valence electrons. The summed E-state index contributed by atoms with van der Waals surface area (Å²) < 4.78 is 5.81. The van der Waals surface area contributed by atoms with Gasteiger partial charge >= 0.3 is 0 Å². The molecule has 0 radical (unpaired) electrons. The van der Waals surface area contributed by atoms with Crippen LogP contribution in [0.4, 0.5) is 0 Å². The summed E-state index contributed by atoms with van der Waals surface area (Å²) in [6.07, 6.45) is 3.79. The summed E-state index contributed by atoms with van der Waals surface area (Å²) in [4.78, 5) is 0. The number of H-pyrrole nitrogens is 1. The van der Waals surface area contributed by atoms with Crippen molar-refractivity contribution < 1.29 is 4.74 Å². The van der Waals surface area contributed by atoms with Gasteiger partial charge in [-0.05, 0) is 48.3 Å². The number of hydrogen-bond acceptors (Lipinski definition) is 3. The Morgan fingerprint density at radius 2 is 2.00 bits per heavy atom. The summed E-state index contributed by atoms with van der Waals surface area (Å²) in [6, 6.07) is 6.61. The molecule has 0 aliphatic rings. The van der Waals surface area contributed by atoms with E-state index in [4.69, 9.17) is 4.74 Å². The van der Waals surface area contributed by atoms with E-state index in [9.17, 15) is 0 Å². The Morgan fingerprint density at radius 1 is 1.23 bits per heavy atom. The highest BCUT2D eigenvalue weighted by molar-refractivity contribution is 5.43. The molecule has 0 fully saturated rings. The summed E-state index contributed by atoms with van der Waals surface area (Å²) in [6.45, 7) is 11.6. The molecule has 2 rings (SSSR count). The van der Waals surface area contributed by atoms with Crippen LogP contribution in [0, 0.1) is 0 Å². The predicted octanol–water partition coefficient (Wildman–Crippen LogP) is 4.24. The van der Waals surface area contributed by atoms with Crippen LogP contribution in [0.15, 0.2) is 24.4 Å². The van der Waals surface area contributed by atoms with Crippen LogP contribution < -0.4 is 4.74 Å². The van der Waals surface area contributed by atoms with Crippen LogP contribution in [0.25, 0.3) is 0 Å². The quantitative estimate of drug-likeness (QED) is 0.868. The molecule has 0 bridgehead atoms. The molecule has 1 unspecified atom stereocenters. The first kappa shape index (κ1) is 16.5. The van der Waals surface area contributed by atoms with Gasteiger partial charge in [0.25, 0.3) is 0 Å². The third-order valence-corrected chi connectivity index (χ3v) is 4.00. The number of ether oxygens (including phenoxy) is 1. The zero-order chi connectivity index (χ0) is 16.2. The van der Waals surface area contributed by atoms with Crippen LogP contribution in [-0.2, 0) is 11.8 Å². The third kappa shape index (κ3) is 3.87. The topological polar surface area (TPSA) is 50.8 Å². The molecule has 2 aromatic rings. The maximum absolute atomic E-state index is 5.81. The highest BCUT2D eigenvalue weighted by Gasteiger charge is 2.21. The molecular weight excluding hydrogens is 274 g/mol. The Kier molecular flexibility index (Phi) is 5.22. The van der Waals surface area contributed by atoms with Crippen molar-refractivity contribution in [2.75, 3.05) is 6.61 Å². The number of nitrogens with one attached hydrogen (secondary N) is 1. The average molecular weight is 301 g/mol. The molecule has 1 heterocycles. The molecule has 0 amide bonds. The van der Waals surface area contributed by atoms with Gasteiger partial charge in [0.05, 0.1) is 18.5 Å². The van der Waals surface area contributed by atoms with Gasteiger partial charge in [-0.15, -0.1) is 0 Å². The maximum Gasteiger partial charge on any atom is 0.123 e. The Balaban J connectivity index is 2.33. The van der Waals surface area contributed by atoms with Crippen molar-refractivity contribution in [2.45, 2.75) is 58.8 Å². The first-order valence-corrected chi connectivity index (χ1v) is 8.07. The minimum Gasteiger partial charge on any atom is -0.494 e. The SMILES string of the molecule is CCOc1ccc(C(CC)Cc2cn[nH]n2)cc1C(C)(C)C. The number of hydrogen-bond donors (Lipinski definition) is 1. The number of rotatable bonds is 6. The second-order valence-electron chi connectivity index (χ2n) is 6.71. The minimum atomic E-state index is 0.0622.